The average molecular weight is 414 g/mol. The molecule has 1 unspecified atom stereocenters. The molecule has 1 atom stereocenters. The number of nitrogens with one attached hydrogen (secondary N) is 1. The second-order valence-electron chi connectivity index (χ2n) is 6.00. The first-order valence-electron chi connectivity index (χ1n) is 8.48. The van der Waals surface area contributed by atoms with Gasteiger partial charge in [-0.25, -0.2) is 5.01 Å². The van der Waals surface area contributed by atoms with Gasteiger partial charge in [0.1, 0.15) is 0 Å². The largest absolute Gasteiger partial charge is 0.293 e. The van der Waals surface area contributed by atoms with Crippen LogP contribution in [0.25, 0.3) is 0 Å². The summed E-state index contributed by atoms with van der Waals surface area (Å²) in [5, 5.41) is 5.15. The van der Waals surface area contributed by atoms with E-state index < -0.39 is 0 Å². The fourth-order valence-corrected chi connectivity index (χ4v) is 2.48. The Kier molecular flexibility index (Phi) is 10.5. The third-order valence-corrected chi connectivity index (χ3v) is 3.81. The second-order valence-corrected chi connectivity index (χ2v) is 6.00. The summed E-state index contributed by atoms with van der Waals surface area (Å²) in [4.78, 5) is 0. The molecule has 0 bridgehead atoms. The Morgan fingerprint density at radius 1 is 0.808 bits per heavy atom. The maximum absolute atomic E-state index is 5.90. The van der Waals surface area contributed by atoms with Gasteiger partial charge in [0, 0.05) is 13.6 Å². The highest BCUT2D eigenvalue weighted by Gasteiger charge is 2.12. The van der Waals surface area contributed by atoms with Crippen LogP contribution in [0.1, 0.15) is 22.9 Å². The van der Waals surface area contributed by atoms with Crippen LogP contribution < -0.4 is 11.2 Å². The van der Waals surface area contributed by atoms with Crippen molar-refractivity contribution in [2.24, 2.45) is 5.84 Å². The number of nitrogens with zero attached hydrogens (tertiary/aromatic N) is 1. The van der Waals surface area contributed by atoms with E-state index in [0.29, 0.717) is 0 Å². The topological polar surface area (TPSA) is 41.3 Å². The number of hydrazine groups is 1. The molecule has 138 valence electrons. The normalized spacial score (nSPS) is 11.1. The zero-order chi connectivity index (χ0) is 17.9. The van der Waals surface area contributed by atoms with Crippen molar-refractivity contribution in [3.8, 4) is 0 Å². The molecular weight excluding hydrogens is 386 g/mol. The molecule has 4 heteroatoms. The van der Waals surface area contributed by atoms with Crippen molar-refractivity contribution in [1.29, 1.82) is 0 Å². The number of hydrogen-bond acceptors (Lipinski definition) is 3. The fraction of sp³-hybridized carbons (Fsp3) is 0.182. The van der Waals surface area contributed by atoms with Gasteiger partial charge in [0.25, 0.3) is 0 Å². The Hall–Kier alpha value is -1.98. The summed E-state index contributed by atoms with van der Waals surface area (Å²) in [7, 11) is 1.87. The lowest BCUT2D eigenvalue weighted by Gasteiger charge is -2.25. The van der Waals surface area contributed by atoms with Crippen LogP contribution in [0.2, 0.25) is 0 Å². The minimum absolute atomic E-state index is 0. The molecular formula is C22H28BrN3. The monoisotopic (exact) mass is 413 g/mol. The molecule has 0 heterocycles. The van der Waals surface area contributed by atoms with E-state index in [9.17, 15) is 0 Å². The molecule has 0 aliphatic heterocycles. The fourth-order valence-electron chi connectivity index (χ4n) is 2.48. The number of aryl methyl sites for hydroxylation is 1. The predicted octanol–water partition coefficient (Wildman–Crippen LogP) is 4.85. The molecule has 0 radical (unpaired) electrons. The van der Waals surface area contributed by atoms with E-state index in [4.69, 9.17) is 5.84 Å². The van der Waals surface area contributed by atoms with Gasteiger partial charge in [-0.1, -0.05) is 96.6 Å². The maximum Gasteiger partial charge on any atom is 0.0989 e. The van der Waals surface area contributed by atoms with E-state index in [0.717, 1.165) is 6.54 Å². The van der Waals surface area contributed by atoms with Crippen LogP contribution in [0.4, 0.5) is 0 Å². The maximum atomic E-state index is 5.90. The first kappa shape index (κ1) is 22.1. The lowest BCUT2D eigenvalue weighted by molar-refractivity contribution is 0.209. The Morgan fingerprint density at radius 2 is 1.27 bits per heavy atom. The third kappa shape index (κ3) is 7.93. The molecule has 26 heavy (non-hydrogen) atoms. The molecule has 3 rings (SSSR count). The van der Waals surface area contributed by atoms with Gasteiger partial charge in [-0.05, 0) is 18.1 Å². The highest BCUT2D eigenvalue weighted by Crippen LogP contribution is 2.14. The molecule has 3 aromatic rings. The standard InChI is InChI=1S/C15H19N3.C7H8.BrH/c1-18(16)15(14-10-6-3-7-11-14)17-12-13-8-4-2-5-9-13;1-7-5-3-2-4-6-7;/h2-11,15,17H,12,16H2,1H3;2-6H,1H3;1H. The van der Waals surface area contributed by atoms with Crippen molar-refractivity contribution in [3.63, 3.8) is 0 Å². The molecule has 0 aliphatic rings. The molecule has 3 nitrogen and oxygen atoms in total. The molecule has 3 aromatic carbocycles. The van der Waals surface area contributed by atoms with Crippen LogP contribution in [0, 0.1) is 6.92 Å². The number of benzene rings is 3. The van der Waals surface area contributed by atoms with Crippen molar-refractivity contribution in [1.82, 2.24) is 10.3 Å². The number of halogens is 1. The summed E-state index contributed by atoms with van der Waals surface area (Å²) in [5.74, 6) is 5.90. The molecule has 0 aliphatic carbocycles. The van der Waals surface area contributed by atoms with Crippen LogP contribution in [0.3, 0.4) is 0 Å². The molecule has 0 aromatic heterocycles. The summed E-state index contributed by atoms with van der Waals surface area (Å²) in [6.07, 6.45) is 0.0198. The van der Waals surface area contributed by atoms with Gasteiger partial charge in [-0.3, -0.25) is 11.2 Å². The summed E-state index contributed by atoms with van der Waals surface area (Å²) < 4.78 is 0. The van der Waals surface area contributed by atoms with Crippen LogP contribution >= 0.6 is 17.0 Å². The number of hydrogen-bond donors (Lipinski definition) is 2. The molecule has 3 N–H and O–H groups in total. The summed E-state index contributed by atoms with van der Waals surface area (Å²) >= 11 is 0. The number of rotatable bonds is 5. The summed E-state index contributed by atoms with van der Waals surface area (Å²) in [6, 6.07) is 30.8. The van der Waals surface area contributed by atoms with Gasteiger partial charge in [-0.2, -0.15) is 0 Å². The minimum Gasteiger partial charge on any atom is -0.293 e. The second kappa shape index (κ2) is 12.4. The lowest BCUT2D eigenvalue weighted by atomic mass is 10.1. The van der Waals surface area contributed by atoms with Gasteiger partial charge in [0.2, 0.25) is 0 Å². The van der Waals surface area contributed by atoms with E-state index in [1.54, 1.807) is 5.01 Å². The predicted molar refractivity (Wildman–Crippen MR) is 116 cm³/mol. The Balaban J connectivity index is 0.000000357. The van der Waals surface area contributed by atoms with Crippen molar-refractivity contribution in [2.45, 2.75) is 19.6 Å². The Morgan fingerprint density at radius 3 is 1.69 bits per heavy atom. The minimum atomic E-state index is 0. The molecule has 0 spiro atoms. The van der Waals surface area contributed by atoms with Crippen molar-refractivity contribution >= 4 is 17.0 Å². The molecule has 0 saturated heterocycles. The quantitative estimate of drug-likeness (QED) is 0.356. The van der Waals surface area contributed by atoms with E-state index in [2.05, 4.69) is 48.6 Å². The van der Waals surface area contributed by atoms with E-state index in [-0.39, 0.29) is 23.1 Å². The number of nitrogens with two attached hydrogens (primary N) is 1. The lowest BCUT2D eigenvalue weighted by Crippen LogP contribution is -2.39. The zero-order valence-corrected chi connectivity index (χ0v) is 17.1. The van der Waals surface area contributed by atoms with Gasteiger partial charge in [0.05, 0.1) is 6.17 Å². The van der Waals surface area contributed by atoms with Crippen LogP contribution in [0.5, 0.6) is 0 Å². The SMILES string of the molecule is Br.CN(N)C(NCc1ccccc1)c1ccccc1.Cc1ccccc1. The summed E-state index contributed by atoms with van der Waals surface area (Å²) in [5.41, 5.74) is 3.74. The van der Waals surface area contributed by atoms with Crippen LogP contribution in [-0.2, 0) is 6.54 Å². The van der Waals surface area contributed by atoms with Crippen molar-refractivity contribution < 1.29 is 0 Å². The summed E-state index contributed by atoms with van der Waals surface area (Å²) in [6.45, 7) is 2.88. The Labute approximate surface area is 167 Å². The smallest absolute Gasteiger partial charge is 0.0989 e. The first-order chi connectivity index (χ1) is 12.2. The molecule has 0 amide bonds. The van der Waals surface area contributed by atoms with Crippen molar-refractivity contribution in [3.05, 3.63) is 108 Å². The average Bonchev–Trinajstić information content (AvgIpc) is 2.65. The van der Waals surface area contributed by atoms with E-state index >= 15 is 0 Å². The van der Waals surface area contributed by atoms with E-state index in [1.807, 2.05) is 61.6 Å². The van der Waals surface area contributed by atoms with Gasteiger partial charge in [0.15, 0.2) is 0 Å². The molecule has 0 saturated carbocycles. The van der Waals surface area contributed by atoms with Crippen LogP contribution in [0.15, 0.2) is 91.0 Å². The van der Waals surface area contributed by atoms with E-state index in [1.165, 1.54) is 16.7 Å². The zero-order valence-electron chi connectivity index (χ0n) is 15.4. The van der Waals surface area contributed by atoms with Gasteiger partial charge in [-0.15, -0.1) is 17.0 Å². The highest BCUT2D eigenvalue weighted by molar-refractivity contribution is 8.93. The van der Waals surface area contributed by atoms with Crippen LogP contribution in [-0.4, -0.2) is 12.1 Å². The molecule has 0 fully saturated rings. The highest BCUT2D eigenvalue weighted by atomic mass is 79.9. The van der Waals surface area contributed by atoms with Crippen molar-refractivity contribution in [2.75, 3.05) is 7.05 Å². The Bertz CT molecular complexity index is 703. The third-order valence-electron chi connectivity index (χ3n) is 3.81. The van der Waals surface area contributed by atoms with Gasteiger partial charge >= 0.3 is 0 Å². The van der Waals surface area contributed by atoms with Gasteiger partial charge < -0.3 is 0 Å². The first-order valence-corrected chi connectivity index (χ1v) is 8.48.